The molecule has 6 heterocycles. The van der Waals surface area contributed by atoms with Crippen LogP contribution in [0.1, 0.15) is 243 Å². The third kappa shape index (κ3) is 305. The van der Waals surface area contributed by atoms with E-state index in [2.05, 4.69) is 200 Å². The van der Waals surface area contributed by atoms with Crippen LogP contribution in [-0.2, 0) is 0 Å². The molecule has 0 fully saturated rings. The fourth-order valence-corrected chi connectivity index (χ4v) is 2.14. The molecule has 67 heavy (non-hydrogen) atoms. The van der Waals surface area contributed by atoms with Gasteiger partial charge in [0.25, 0.3) is 0 Å². The fraction of sp³-hybridized carbons (Fsp3) is 0.621. The van der Waals surface area contributed by atoms with E-state index in [1.54, 1.807) is 84.2 Å². The number of furan rings is 1. The summed E-state index contributed by atoms with van der Waals surface area (Å²) in [4.78, 5) is 17.5. The summed E-state index contributed by atoms with van der Waals surface area (Å²) in [5.74, 6) is 0. The van der Waals surface area contributed by atoms with Crippen LogP contribution in [0, 0.1) is 0 Å². The minimum atomic E-state index is 1.25. The molecule has 7 nitrogen and oxygen atoms in total. The molecule has 0 spiro atoms. The van der Waals surface area contributed by atoms with Crippen molar-refractivity contribution in [2.24, 2.45) is 0 Å². The molecule has 0 saturated heterocycles. The number of hydrogen-bond acceptors (Lipinski definition) is 8. The van der Waals surface area contributed by atoms with Gasteiger partial charge < -0.3 is 13.8 Å². The van der Waals surface area contributed by atoms with Gasteiger partial charge in [0.05, 0.1) is 30.6 Å². The standard InChI is InChI=1S/C5H5N.C4H4O.C4H4S.C3H4N2.C3H3NO.C3H3NS.12C3H8/c1-2-4-6-5-3-1;2*1-2-4-5-3-1;3*1-2-5-3-4-1;12*1-3-2/h1-5H;2*1-4H;1-3H,(H,4,5);2*1-3H;12*3H2,1-2H3. The number of thiophene rings is 1. The Hall–Kier alpha value is -3.82. The molecule has 0 saturated carbocycles. The van der Waals surface area contributed by atoms with Crippen molar-refractivity contribution in [3.8, 4) is 0 Å². The molecule has 0 aromatic carbocycles. The molecule has 0 aliphatic heterocycles. The summed E-state index contributed by atoms with van der Waals surface area (Å²) in [5, 5.41) is 6.01. The van der Waals surface area contributed by atoms with Gasteiger partial charge in [-0.25, -0.2) is 9.97 Å². The molecule has 6 aromatic heterocycles. The predicted octanol–water partition coefficient (Wildman–Crippen LogP) is 23.3. The van der Waals surface area contributed by atoms with Crippen LogP contribution in [0.2, 0.25) is 0 Å². The Kier molecular flexibility index (Phi) is 211. The van der Waals surface area contributed by atoms with Crippen molar-refractivity contribution in [2.45, 2.75) is 243 Å². The highest BCUT2D eigenvalue weighted by Crippen LogP contribution is 1.91. The number of hydrogen-bond donors (Lipinski definition) is 1. The van der Waals surface area contributed by atoms with Crippen LogP contribution in [0.4, 0.5) is 0 Å². The molecule has 0 aliphatic carbocycles. The number of thiazole rings is 1. The number of oxazole rings is 1. The van der Waals surface area contributed by atoms with Crippen molar-refractivity contribution in [3.05, 3.63) is 133 Å². The molecule has 1 N–H and O–H groups in total. The lowest BCUT2D eigenvalue weighted by Crippen LogP contribution is -1.58. The molecule has 0 bridgehead atoms. The van der Waals surface area contributed by atoms with E-state index in [1.807, 2.05) is 58.6 Å². The predicted molar refractivity (Wildman–Crippen MR) is 316 cm³/mol. The van der Waals surface area contributed by atoms with Gasteiger partial charge >= 0.3 is 0 Å². The molecule has 0 unspecified atom stereocenters. The molecule has 6 rings (SSSR count). The minimum Gasteiger partial charge on any atom is -0.473 e. The Labute approximate surface area is 430 Å². The molecule has 0 radical (unpaired) electrons. The summed E-state index contributed by atoms with van der Waals surface area (Å²) in [6.07, 6.45) is 33.1. The summed E-state index contributed by atoms with van der Waals surface area (Å²) in [5.41, 5.74) is 1.79. The van der Waals surface area contributed by atoms with Crippen molar-refractivity contribution in [1.29, 1.82) is 0 Å². The van der Waals surface area contributed by atoms with Crippen LogP contribution in [0.25, 0.3) is 0 Å². The van der Waals surface area contributed by atoms with Gasteiger partial charge in [-0.2, -0.15) is 11.3 Å². The smallest absolute Gasteiger partial charge is 0.180 e. The number of rotatable bonds is 0. The molecule has 400 valence electrons. The van der Waals surface area contributed by atoms with Gasteiger partial charge in [0.1, 0.15) is 6.26 Å². The van der Waals surface area contributed by atoms with Gasteiger partial charge in [-0.15, -0.1) is 11.3 Å². The average Bonchev–Trinajstić information content (AvgIpc) is 4.18. The van der Waals surface area contributed by atoms with Crippen molar-refractivity contribution in [3.63, 3.8) is 0 Å². The van der Waals surface area contributed by atoms with Crippen LogP contribution in [0.15, 0.2) is 142 Å². The first-order valence-electron chi connectivity index (χ1n) is 25.8. The number of aromatic amines is 1. The van der Waals surface area contributed by atoms with Crippen LogP contribution in [0.3, 0.4) is 0 Å². The maximum Gasteiger partial charge on any atom is 0.180 e. The number of nitrogens with one attached hydrogen (secondary N) is 1. The van der Waals surface area contributed by atoms with Gasteiger partial charge in [0.15, 0.2) is 6.39 Å². The van der Waals surface area contributed by atoms with E-state index in [1.165, 1.54) is 89.7 Å². The average molecular weight is 983 g/mol. The molecule has 6 aromatic rings. The quantitative estimate of drug-likeness (QED) is 0.163. The number of aromatic nitrogens is 5. The lowest BCUT2D eigenvalue weighted by Gasteiger charge is -1.70. The fourth-order valence-electron chi connectivity index (χ4n) is 1.33. The zero-order valence-electron chi connectivity index (χ0n) is 49.1. The van der Waals surface area contributed by atoms with Gasteiger partial charge in [-0.1, -0.05) is 261 Å². The van der Waals surface area contributed by atoms with Gasteiger partial charge in [0, 0.05) is 36.4 Å². The normalized spacial score (nSPS) is 6.93. The van der Waals surface area contributed by atoms with Crippen LogP contribution >= 0.6 is 22.7 Å². The monoisotopic (exact) mass is 982 g/mol. The zero-order valence-corrected chi connectivity index (χ0v) is 50.7. The lowest BCUT2D eigenvalue weighted by atomic mass is 10.5. The van der Waals surface area contributed by atoms with Gasteiger partial charge in [0.2, 0.25) is 0 Å². The lowest BCUT2D eigenvalue weighted by molar-refractivity contribution is 0.558. The van der Waals surface area contributed by atoms with E-state index in [-0.39, 0.29) is 0 Å². The Morgan fingerprint density at radius 2 is 0.687 bits per heavy atom. The van der Waals surface area contributed by atoms with Crippen molar-refractivity contribution in [2.75, 3.05) is 0 Å². The highest BCUT2D eigenvalue weighted by atomic mass is 32.1. The molecule has 9 heteroatoms. The Morgan fingerprint density at radius 1 is 0.313 bits per heavy atom. The molecular formula is C58H119N5O2S2. The third-order valence-electron chi connectivity index (χ3n) is 2.52. The van der Waals surface area contributed by atoms with E-state index in [4.69, 9.17) is 0 Å². The Balaban J connectivity index is -0.0000000482. The zero-order chi connectivity index (χ0) is 54.4. The second kappa shape index (κ2) is 152. The molecule has 0 amide bonds. The molecule has 0 aliphatic rings. The number of imidazole rings is 1. The first-order valence-corrected chi connectivity index (χ1v) is 27.7. The molecular weight excluding hydrogens is 863 g/mol. The van der Waals surface area contributed by atoms with Crippen LogP contribution in [0.5, 0.6) is 0 Å². The largest absolute Gasteiger partial charge is 0.473 e. The van der Waals surface area contributed by atoms with Crippen molar-refractivity contribution >= 4 is 22.7 Å². The number of H-pyrrole nitrogens is 1. The van der Waals surface area contributed by atoms with E-state index >= 15 is 0 Å². The van der Waals surface area contributed by atoms with Crippen molar-refractivity contribution in [1.82, 2.24) is 24.9 Å². The highest BCUT2D eigenvalue weighted by Gasteiger charge is 1.61. The summed E-state index contributed by atoms with van der Waals surface area (Å²) >= 11 is 3.31. The number of nitrogens with zero attached hydrogens (tertiary/aromatic N) is 4. The summed E-state index contributed by atoms with van der Waals surface area (Å²) in [6.45, 7) is 51.0. The minimum absolute atomic E-state index is 1.25. The first-order chi connectivity index (χ1) is 32.5. The van der Waals surface area contributed by atoms with Crippen molar-refractivity contribution < 1.29 is 8.83 Å². The van der Waals surface area contributed by atoms with E-state index in [9.17, 15) is 0 Å². The maximum absolute atomic E-state index is 4.58. The first kappa shape index (κ1) is 93.3. The van der Waals surface area contributed by atoms with E-state index in [0.29, 0.717) is 0 Å². The second-order valence-corrected chi connectivity index (χ2v) is 14.8. The summed E-state index contributed by atoms with van der Waals surface area (Å²) in [6, 6.07) is 13.4. The van der Waals surface area contributed by atoms with Gasteiger partial charge in [-0.3, -0.25) is 9.97 Å². The van der Waals surface area contributed by atoms with E-state index in [0.717, 1.165) is 0 Å². The SMILES string of the molecule is CCC.CCC.CCC.CCC.CCC.CCC.CCC.CCC.CCC.CCC.CCC.CCC.c1c[nH]cn1.c1ccncc1.c1ccoc1.c1ccsc1.c1cocn1.c1cscn1. The van der Waals surface area contributed by atoms with Gasteiger partial charge in [-0.05, 0) is 35.0 Å². The van der Waals surface area contributed by atoms with E-state index < -0.39 is 0 Å². The summed E-state index contributed by atoms with van der Waals surface area (Å²) < 4.78 is 9.06. The second-order valence-electron chi connectivity index (χ2n) is 13.2. The summed E-state index contributed by atoms with van der Waals surface area (Å²) in [7, 11) is 0. The molecule has 0 atom stereocenters. The Bertz CT molecular complexity index is 820. The van der Waals surface area contributed by atoms with Crippen LogP contribution < -0.4 is 0 Å². The maximum atomic E-state index is 4.58. The number of pyridine rings is 1. The third-order valence-corrected chi connectivity index (χ3v) is 3.67. The topological polar surface area (TPSA) is 93.6 Å². The Morgan fingerprint density at radius 3 is 0.776 bits per heavy atom. The van der Waals surface area contributed by atoms with Crippen LogP contribution in [-0.4, -0.2) is 24.9 Å². The highest BCUT2D eigenvalue weighted by molar-refractivity contribution is 7.07.